The molecule has 1 N–H and O–H groups in total. The van der Waals surface area contributed by atoms with Gasteiger partial charge in [-0.25, -0.2) is 0 Å². The van der Waals surface area contributed by atoms with Gasteiger partial charge in [0, 0.05) is 24.2 Å². The van der Waals surface area contributed by atoms with Crippen molar-refractivity contribution in [1.29, 1.82) is 0 Å². The van der Waals surface area contributed by atoms with E-state index in [-0.39, 0.29) is 35.1 Å². The highest BCUT2D eigenvalue weighted by atomic mass is 16.2. The summed E-state index contributed by atoms with van der Waals surface area (Å²) in [6, 6.07) is 8.03. The van der Waals surface area contributed by atoms with Gasteiger partial charge in [0.1, 0.15) is 0 Å². The highest BCUT2D eigenvalue weighted by Crippen LogP contribution is 2.29. The lowest BCUT2D eigenvalue weighted by Crippen LogP contribution is -2.48. The number of aryl methyl sites for hydroxylation is 1. The summed E-state index contributed by atoms with van der Waals surface area (Å²) in [5, 5.41) is 3.15. The molecule has 1 aliphatic heterocycles. The van der Waals surface area contributed by atoms with Gasteiger partial charge in [0.05, 0.1) is 5.92 Å². The van der Waals surface area contributed by atoms with Gasteiger partial charge < -0.3 is 10.2 Å². The number of amides is 2. The molecule has 1 saturated heterocycles. The van der Waals surface area contributed by atoms with E-state index in [1.807, 2.05) is 38.1 Å². The second kappa shape index (κ2) is 7.19. The topological polar surface area (TPSA) is 49.4 Å². The van der Waals surface area contributed by atoms with E-state index in [0.717, 1.165) is 18.5 Å². The van der Waals surface area contributed by atoms with Crippen LogP contribution in [-0.2, 0) is 16.0 Å². The fraction of sp³-hybridized carbons (Fsp3) is 0.619. The summed E-state index contributed by atoms with van der Waals surface area (Å²) in [5.74, 6) is -0.272. The summed E-state index contributed by atoms with van der Waals surface area (Å²) in [5.41, 5.74) is 1.98. The lowest BCUT2D eigenvalue weighted by Gasteiger charge is -2.34. The third-order valence-corrected chi connectivity index (χ3v) is 4.59. The molecule has 0 spiro atoms. The van der Waals surface area contributed by atoms with Gasteiger partial charge in [-0.05, 0) is 49.8 Å². The van der Waals surface area contributed by atoms with E-state index in [2.05, 4.69) is 33.0 Å². The van der Waals surface area contributed by atoms with Crippen molar-refractivity contribution in [2.24, 2.45) is 11.3 Å². The maximum Gasteiger partial charge on any atom is 0.227 e. The summed E-state index contributed by atoms with van der Waals surface area (Å²) in [4.78, 5) is 26.8. The Bertz CT molecular complexity index is 626. The number of anilines is 1. The molecule has 1 fully saturated rings. The second-order valence-corrected chi connectivity index (χ2v) is 9.04. The molecular weight excluding hydrogens is 312 g/mol. The molecule has 1 aliphatic rings. The van der Waals surface area contributed by atoms with Gasteiger partial charge in [-0.15, -0.1) is 0 Å². The van der Waals surface area contributed by atoms with Gasteiger partial charge in [-0.1, -0.05) is 39.8 Å². The number of nitrogens with zero attached hydrogens (tertiary/aromatic N) is 1. The van der Waals surface area contributed by atoms with Crippen LogP contribution in [0.2, 0.25) is 0 Å². The number of hydrogen-bond donors (Lipinski definition) is 1. The average Bonchev–Trinajstić information content (AvgIpc) is 2.86. The maximum atomic E-state index is 12.7. The smallest absolute Gasteiger partial charge is 0.227 e. The highest BCUT2D eigenvalue weighted by molar-refractivity contribution is 6.00. The van der Waals surface area contributed by atoms with Crippen molar-refractivity contribution < 1.29 is 9.59 Å². The van der Waals surface area contributed by atoms with Crippen LogP contribution in [0.15, 0.2) is 24.3 Å². The number of nitrogens with one attached hydrogen (secondary N) is 1. The van der Waals surface area contributed by atoms with E-state index in [4.69, 9.17) is 0 Å². The Morgan fingerprint density at radius 1 is 1.16 bits per heavy atom. The maximum absolute atomic E-state index is 12.7. The quantitative estimate of drug-likeness (QED) is 0.880. The summed E-state index contributed by atoms with van der Waals surface area (Å²) in [6.07, 6.45) is 2.14. The fourth-order valence-corrected chi connectivity index (χ4v) is 3.85. The highest BCUT2D eigenvalue weighted by Gasteiger charge is 2.37. The minimum absolute atomic E-state index is 0.0183. The standard InChI is InChI=1S/C21H32N2O2/c1-7-15-8-10-17(11-9-15)23-13-16(12-18(23)24)19(25)22-21(5,6)14-20(2,3)4/h8-11,16H,7,12-14H2,1-6H3,(H,22,25)/t16-/m1/s1. The number of carbonyl (C=O) groups excluding carboxylic acids is 2. The molecule has 4 nitrogen and oxygen atoms in total. The first-order valence-corrected chi connectivity index (χ1v) is 9.22. The van der Waals surface area contributed by atoms with E-state index in [9.17, 15) is 9.59 Å². The lowest BCUT2D eigenvalue weighted by molar-refractivity contribution is -0.128. The average molecular weight is 344 g/mol. The predicted octanol–water partition coefficient (Wildman–Crippen LogP) is 3.93. The van der Waals surface area contributed by atoms with Gasteiger partial charge >= 0.3 is 0 Å². The minimum Gasteiger partial charge on any atom is -0.351 e. The number of benzene rings is 1. The zero-order valence-corrected chi connectivity index (χ0v) is 16.5. The first-order chi connectivity index (χ1) is 11.5. The molecule has 0 bridgehead atoms. The van der Waals surface area contributed by atoms with Gasteiger partial charge in [0.25, 0.3) is 0 Å². The minimum atomic E-state index is -0.283. The van der Waals surface area contributed by atoms with Crippen molar-refractivity contribution in [3.8, 4) is 0 Å². The van der Waals surface area contributed by atoms with Crippen LogP contribution in [0.4, 0.5) is 5.69 Å². The van der Waals surface area contributed by atoms with E-state index in [1.165, 1.54) is 5.56 Å². The van der Waals surface area contributed by atoms with Crippen LogP contribution in [0.1, 0.15) is 59.9 Å². The van der Waals surface area contributed by atoms with Crippen LogP contribution in [0.3, 0.4) is 0 Å². The normalized spacial score (nSPS) is 18.6. The summed E-state index contributed by atoms with van der Waals surface area (Å²) in [6.45, 7) is 13.2. The first kappa shape index (κ1) is 19.5. The van der Waals surface area contributed by atoms with E-state index >= 15 is 0 Å². The Labute approximate surface area is 152 Å². The Kier molecular flexibility index (Phi) is 5.60. The number of rotatable bonds is 5. The van der Waals surface area contributed by atoms with Crippen molar-refractivity contribution in [1.82, 2.24) is 5.32 Å². The molecule has 0 radical (unpaired) electrons. The Hall–Kier alpha value is -1.84. The van der Waals surface area contributed by atoms with Crippen LogP contribution in [0.25, 0.3) is 0 Å². The van der Waals surface area contributed by atoms with Crippen molar-refractivity contribution in [3.05, 3.63) is 29.8 Å². The third kappa shape index (κ3) is 5.32. The monoisotopic (exact) mass is 344 g/mol. The van der Waals surface area contributed by atoms with Crippen LogP contribution < -0.4 is 10.2 Å². The van der Waals surface area contributed by atoms with Gasteiger partial charge in [0.2, 0.25) is 11.8 Å². The van der Waals surface area contributed by atoms with Crippen molar-refractivity contribution >= 4 is 17.5 Å². The molecule has 1 heterocycles. The molecule has 1 atom stereocenters. The zero-order valence-electron chi connectivity index (χ0n) is 16.5. The van der Waals surface area contributed by atoms with E-state index in [1.54, 1.807) is 4.90 Å². The Morgan fingerprint density at radius 2 is 1.76 bits per heavy atom. The van der Waals surface area contributed by atoms with Crippen molar-refractivity contribution in [2.45, 2.75) is 66.3 Å². The molecular formula is C21H32N2O2. The van der Waals surface area contributed by atoms with Gasteiger partial charge in [-0.3, -0.25) is 9.59 Å². The van der Waals surface area contributed by atoms with Gasteiger partial charge in [0.15, 0.2) is 0 Å². The second-order valence-electron chi connectivity index (χ2n) is 9.04. The summed E-state index contributed by atoms with van der Waals surface area (Å²) >= 11 is 0. The van der Waals surface area contributed by atoms with Crippen LogP contribution in [-0.4, -0.2) is 23.9 Å². The largest absolute Gasteiger partial charge is 0.351 e. The molecule has 0 unspecified atom stereocenters. The third-order valence-electron chi connectivity index (χ3n) is 4.59. The van der Waals surface area contributed by atoms with E-state index < -0.39 is 0 Å². The zero-order chi connectivity index (χ0) is 18.8. The molecule has 1 aromatic rings. The SMILES string of the molecule is CCc1ccc(N2C[C@H](C(=O)NC(C)(C)CC(C)(C)C)CC2=O)cc1. The van der Waals surface area contributed by atoms with Gasteiger partial charge in [-0.2, -0.15) is 0 Å². The van der Waals surface area contributed by atoms with Crippen LogP contribution >= 0.6 is 0 Å². The summed E-state index contributed by atoms with van der Waals surface area (Å²) in [7, 11) is 0. The Morgan fingerprint density at radius 3 is 2.28 bits per heavy atom. The van der Waals surface area contributed by atoms with Crippen molar-refractivity contribution in [3.63, 3.8) is 0 Å². The number of carbonyl (C=O) groups is 2. The lowest BCUT2D eigenvalue weighted by atomic mass is 9.81. The Balaban J connectivity index is 2.02. The van der Waals surface area contributed by atoms with Crippen LogP contribution in [0.5, 0.6) is 0 Å². The van der Waals surface area contributed by atoms with Crippen molar-refractivity contribution in [2.75, 3.05) is 11.4 Å². The molecule has 138 valence electrons. The molecule has 2 rings (SSSR count). The molecule has 4 heteroatoms. The first-order valence-electron chi connectivity index (χ1n) is 9.22. The molecule has 25 heavy (non-hydrogen) atoms. The molecule has 1 aromatic carbocycles. The summed E-state index contributed by atoms with van der Waals surface area (Å²) < 4.78 is 0. The van der Waals surface area contributed by atoms with E-state index in [0.29, 0.717) is 6.54 Å². The fourth-order valence-electron chi connectivity index (χ4n) is 3.85. The predicted molar refractivity (Wildman–Crippen MR) is 103 cm³/mol. The molecule has 0 aliphatic carbocycles. The van der Waals surface area contributed by atoms with Crippen LogP contribution in [0, 0.1) is 11.3 Å². The number of hydrogen-bond acceptors (Lipinski definition) is 2. The molecule has 2 amide bonds. The molecule has 0 saturated carbocycles. The molecule has 0 aromatic heterocycles.